The quantitative estimate of drug-likeness (QED) is 0.615. The molecule has 6 heteroatoms. The highest BCUT2D eigenvalue weighted by Crippen LogP contribution is 2.24. The minimum atomic E-state index is -1.13. The van der Waals surface area contributed by atoms with Crippen molar-refractivity contribution in [3.63, 3.8) is 0 Å². The third-order valence-corrected chi connectivity index (χ3v) is 3.63. The van der Waals surface area contributed by atoms with Crippen molar-refractivity contribution in [2.75, 3.05) is 6.54 Å². The summed E-state index contributed by atoms with van der Waals surface area (Å²) < 4.78 is 0. The van der Waals surface area contributed by atoms with Crippen LogP contribution >= 0.6 is 0 Å². The first-order valence-corrected chi connectivity index (χ1v) is 7.15. The van der Waals surface area contributed by atoms with Gasteiger partial charge in [-0.1, -0.05) is 6.42 Å². The molecule has 0 radical (unpaired) electrons. The topological polar surface area (TPSA) is 91.8 Å². The molecule has 2 amide bonds. The maximum Gasteiger partial charge on any atom is 0.335 e. The molecule has 1 N–H and O–H groups in total. The van der Waals surface area contributed by atoms with E-state index in [9.17, 15) is 19.2 Å². The van der Waals surface area contributed by atoms with E-state index in [1.54, 1.807) is 0 Å². The fraction of sp³-hybridized carbons (Fsp3) is 0.375. The summed E-state index contributed by atoms with van der Waals surface area (Å²) in [5.41, 5.74) is 0.385. The van der Waals surface area contributed by atoms with E-state index in [0.29, 0.717) is 12.8 Å². The number of hydrogen-bond acceptors (Lipinski definition) is 4. The van der Waals surface area contributed by atoms with Gasteiger partial charge in [0.15, 0.2) is 0 Å². The number of carbonyl (C=O) groups excluding carboxylic acids is 3. The van der Waals surface area contributed by atoms with E-state index in [1.165, 1.54) is 25.1 Å². The lowest BCUT2D eigenvalue weighted by molar-refractivity contribution is -0.117. The first-order chi connectivity index (χ1) is 10.4. The lowest BCUT2D eigenvalue weighted by atomic mass is 10.1. The molecule has 0 fully saturated rings. The lowest BCUT2D eigenvalue weighted by Crippen LogP contribution is -2.30. The highest BCUT2D eigenvalue weighted by molar-refractivity contribution is 6.21. The summed E-state index contributed by atoms with van der Waals surface area (Å²) in [5, 5.41) is 8.94. The Morgan fingerprint density at radius 1 is 1.05 bits per heavy atom. The van der Waals surface area contributed by atoms with E-state index in [1.807, 2.05) is 0 Å². The Balaban J connectivity index is 2.01. The number of unbranched alkanes of at least 4 members (excludes halogenated alkanes) is 2. The molecule has 0 atom stereocenters. The molecule has 1 aromatic carbocycles. The number of benzene rings is 1. The first-order valence-electron chi connectivity index (χ1n) is 7.15. The SMILES string of the molecule is CC(=O)CCCCCN1C(=O)c2ccc(C(=O)O)cc2C1=O. The Labute approximate surface area is 127 Å². The lowest BCUT2D eigenvalue weighted by Gasteiger charge is -2.13. The molecule has 0 saturated heterocycles. The molecule has 1 aliphatic rings. The fourth-order valence-corrected chi connectivity index (χ4v) is 2.45. The molecule has 0 spiro atoms. The van der Waals surface area contributed by atoms with Crippen LogP contribution in [0.5, 0.6) is 0 Å². The van der Waals surface area contributed by atoms with Gasteiger partial charge in [0.1, 0.15) is 5.78 Å². The minimum Gasteiger partial charge on any atom is -0.478 e. The van der Waals surface area contributed by atoms with Gasteiger partial charge in [-0.2, -0.15) is 0 Å². The number of carbonyl (C=O) groups is 4. The zero-order valence-electron chi connectivity index (χ0n) is 12.3. The van der Waals surface area contributed by atoms with Crippen molar-refractivity contribution < 1.29 is 24.3 Å². The number of nitrogens with zero attached hydrogens (tertiary/aromatic N) is 1. The zero-order valence-corrected chi connectivity index (χ0v) is 12.3. The van der Waals surface area contributed by atoms with Crippen molar-refractivity contribution in [1.82, 2.24) is 4.90 Å². The van der Waals surface area contributed by atoms with Crippen LogP contribution in [0.1, 0.15) is 63.7 Å². The van der Waals surface area contributed by atoms with E-state index >= 15 is 0 Å². The number of carboxylic acid groups (broad SMARTS) is 1. The second-order valence-corrected chi connectivity index (χ2v) is 5.34. The highest BCUT2D eigenvalue weighted by atomic mass is 16.4. The molecular formula is C16H17NO5. The normalized spacial score (nSPS) is 13.4. The summed E-state index contributed by atoms with van der Waals surface area (Å²) >= 11 is 0. The summed E-state index contributed by atoms with van der Waals surface area (Å²) in [6, 6.07) is 3.95. The van der Waals surface area contributed by atoms with Gasteiger partial charge in [0.25, 0.3) is 11.8 Å². The van der Waals surface area contributed by atoms with Gasteiger partial charge in [-0.3, -0.25) is 14.5 Å². The number of Topliss-reactive ketones (excluding diaryl/α,β-unsaturated/α-hetero) is 1. The summed E-state index contributed by atoms with van der Waals surface area (Å²) in [4.78, 5) is 47.3. The van der Waals surface area contributed by atoms with Gasteiger partial charge < -0.3 is 9.90 Å². The van der Waals surface area contributed by atoms with E-state index in [-0.39, 0.29) is 34.9 Å². The third-order valence-electron chi connectivity index (χ3n) is 3.63. The standard InChI is InChI=1S/C16H17NO5/c1-10(18)5-3-2-4-8-17-14(19)12-7-6-11(16(21)22)9-13(12)15(17)20/h6-7,9H,2-5,8H2,1H3,(H,21,22). The van der Waals surface area contributed by atoms with Crippen LogP contribution in [0.2, 0.25) is 0 Å². The van der Waals surface area contributed by atoms with Gasteiger partial charge in [0, 0.05) is 13.0 Å². The van der Waals surface area contributed by atoms with Crippen LogP contribution in [-0.4, -0.2) is 40.1 Å². The number of hydrogen-bond donors (Lipinski definition) is 1. The van der Waals surface area contributed by atoms with Gasteiger partial charge in [0.2, 0.25) is 0 Å². The van der Waals surface area contributed by atoms with E-state index in [0.717, 1.165) is 17.7 Å². The molecule has 0 aliphatic carbocycles. The van der Waals surface area contributed by atoms with Crippen LogP contribution in [-0.2, 0) is 4.79 Å². The smallest absolute Gasteiger partial charge is 0.335 e. The summed E-state index contributed by atoms with van der Waals surface area (Å²) in [6.07, 6.45) is 2.63. The molecule has 2 rings (SSSR count). The molecule has 0 bridgehead atoms. The first kappa shape index (κ1) is 15.9. The number of rotatable bonds is 7. The predicted molar refractivity (Wildman–Crippen MR) is 77.9 cm³/mol. The van der Waals surface area contributed by atoms with Crippen LogP contribution in [0, 0.1) is 0 Å². The van der Waals surface area contributed by atoms with Crippen molar-refractivity contribution in [3.05, 3.63) is 34.9 Å². The van der Waals surface area contributed by atoms with Crippen LogP contribution in [0.15, 0.2) is 18.2 Å². The maximum atomic E-state index is 12.2. The Hall–Kier alpha value is -2.50. The Bertz CT molecular complexity index is 650. The number of carboxylic acids is 1. The summed E-state index contributed by atoms with van der Waals surface area (Å²) in [7, 11) is 0. The van der Waals surface area contributed by atoms with Crippen molar-refractivity contribution in [2.24, 2.45) is 0 Å². The Morgan fingerprint density at radius 3 is 2.36 bits per heavy atom. The second kappa shape index (κ2) is 6.51. The average molecular weight is 303 g/mol. The number of amides is 2. The van der Waals surface area contributed by atoms with E-state index in [2.05, 4.69) is 0 Å². The number of ketones is 1. The summed E-state index contributed by atoms with van der Waals surface area (Å²) in [6.45, 7) is 1.82. The molecule has 116 valence electrons. The fourth-order valence-electron chi connectivity index (χ4n) is 2.45. The number of fused-ring (bicyclic) bond motifs is 1. The third kappa shape index (κ3) is 3.21. The molecule has 1 aliphatic heterocycles. The van der Waals surface area contributed by atoms with Crippen molar-refractivity contribution in [2.45, 2.75) is 32.6 Å². The molecule has 1 aromatic rings. The zero-order chi connectivity index (χ0) is 16.3. The van der Waals surface area contributed by atoms with Gasteiger partial charge in [0.05, 0.1) is 16.7 Å². The predicted octanol–water partition coefficient (Wildman–Crippen LogP) is 2.13. The van der Waals surface area contributed by atoms with Crippen molar-refractivity contribution >= 4 is 23.6 Å². The van der Waals surface area contributed by atoms with Crippen molar-refractivity contribution in [1.29, 1.82) is 0 Å². The Morgan fingerprint density at radius 2 is 1.73 bits per heavy atom. The van der Waals surface area contributed by atoms with Gasteiger partial charge in [-0.25, -0.2) is 4.79 Å². The molecule has 0 aromatic heterocycles. The minimum absolute atomic E-state index is 0.0109. The molecular weight excluding hydrogens is 286 g/mol. The monoisotopic (exact) mass is 303 g/mol. The maximum absolute atomic E-state index is 12.2. The van der Waals surface area contributed by atoms with Gasteiger partial charge in [-0.05, 0) is 38.0 Å². The molecule has 6 nitrogen and oxygen atoms in total. The van der Waals surface area contributed by atoms with Crippen LogP contribution in [0.4, 0.5) is 0 Å². The molecule has 1 heterocycles. The Kier molecular flexibility index (Phi) is 4.70. The average Bonchev–Trinajstić information content (AvgIpc) is 2.70. The van der Waals surface area contributed by atoms with Crippen LogP contribution in [0.3, 0.4) is 0 Å². The van der Waals surface area contributed by atoms with E-state index in [4.69, 9.17) is 5.11 Å². The molecule has 22 heavy (non-hydrogen) atoms. The van der Waals surface area contributed by atoms with Gasteiger partial charge in [-0.15, -0.1) is 0 Å². The molecule has 0 saturated carbocycles. The van der Waals surface area contributed by atoms with Crippen LogP contribution < -0.4 is 0 Å². The van der Waals surface area contributed by atoms with Crippen LogP contribution in [0.25, 0.3) is 0 Å². The van der Waals surface area contributed by atoms with Crippen molar-refractivity contribution in [3.8, 4) is 0 Å². The summed E-state index contributed by atoms with van der Waals surface area (Å²) in [5.74, 6) is -1.84. The second-order valence-electron chi connectivity index (χ2n) is 5.34. The van der Waals surface area contributed by atoms with Gasteiger partial charge >= 0.3 is 5.97 Å². The number of aromatic carboxylic acids is 1. The number of imide groups is 1. The van der Waals surface area contributed by atoms with E-state index < -0.39 is 11.9 Å². The molecule has 0 unspecified atom stereocenters. The highest BCUT2D eigenvalue weighted by Gasteiger charge is 2.35. The largest absolute Gasteiger partial charge is 0.478 e.